The Kier molecular flexibility index (Phi) is 3.66. The first-order valence-electron chi connectivity index (χ1n) is 4.63. The van der Waals surface area contributed by atoms with Gasteiger partial charge in [0.25, 0.3) is 0 Å². The van der Waals surface area contributed by atoms with Crippen molar-refractivity contribution in [1.29, 1.82) is 5.26 Å². The van der Waals surface area contributed by atoms with E-state index in [-0.39, 0.29) is 5.69 Å². The van der Waals surface area contributed by atoms with Gasteiger partial charge in [-0.1, -0.05) is 0 Å². The zero-order valence-corrected chi connectivity index (χ0v) is 10.8. The maximum atomic E-state index is 11.6. The van der Waals surface area contributed by atoms with E-state index in [2.05, 4.69) is 20.9 Å². The highest BCUT2D eigenvalue weighted by molar-refractivity contribution is 9.10. The average molecular weight is 283 g/mol. The summed E-state index contributed by atoms with van der Waals surface area (Å²) in [4.78, 5) is 15.6. The Labute approximate surface area is 102 Å². The van der Waals surface area contributed by atoms with Gasteiger partial charge in [0.1, 0.15) is 22.0 Å². The number of carbonyl (C=O) groups is 1. The Morgan fingerprint density at radius 3 is 2.56 bits per heavy atom. The molecule has 84 valence electrons. The Balaban J connectivity index is 2.95. The minimum absolute atomic E-state index is 0.181. The number of esters is 1. The third kappa shape index (κ3) is 3.31. The molecule has 4 nitrogen and oxygen atoms in total. The van der Waals surface area contributed by atoms with Crippen LogP contribution < -0.4 is 0 Å². The third-order valence-corrected chi connectivity index (χ3v) is 2.18. The molecule has 0 radical (unpaired) electrons. The summed E-state index contributed by atoms with van der Waals surface area (Å²) in [7, 11) is 0. The molecule has 5 heteroatoms. The highest BCUT2D eigenvalue weighted by atomic mass is 79.9. The van der Waals surface area contributed by atoms with Crippen molar-refractivity contribution in [3.8, 4) is 6.07 Å². The molecule has 0 amide bonds. The van der Waals surface area contributed by atoms with E-state index in [0.717, 1.165) is 0 Å². The molecule has 0 saturated carbocycles. The SMILES string of the molecule is CC(C)(C)OC(=O)c1ccc(C#N)c(Br)n1. The number of halogens is 1. The largest absolute Gasteiger partial charge is 0.455 e. The number of ether oxygens (including phenoxy) is 1. The van der Waals surface area contributed by atoms with Crippen molar-refractivity contribution in [3.63, 3.8) is 0 Å². The molecule has 0 spiro atoms. The van der Waals surface area contributed by atoms with Gasteiger partial charge in [-0.25, -0.2) is 9.78 Å². The van der Waals surface area contributed by atoms with E-state index in [0.29, 0.717) is 10.2 Å². The topological polar surface area (TPSA) is 63.0 Å². The fraction of sp³-hybridized carbons (Fsp3) is 0.364. The summed E-state index contributed by atoms with van der Waals surface area (Å²) >= 11 is 3.11. The van der Waals surface area contributed by atoms with Crippen molar-refractivity contribution in [2.45, 2.75) is 26.4 Å². The van der Waals surface area contributed by atoms with Crippen molar-refractivity contribution < 1.29 is 9.53 Å². The van der Waals surface area contributed by atoms with Crippen molar-refractivity contribution in [1.82, 2.24) is 4.98 Å². The fourth-order valence-electron chi connectivity index (χ4n) is 0.962. The van der Waals surface area contributed by atoms with Crippen molar-refractivity contribution in [3.05, 3.63) is 28.0 Å². The second-order valence-corrected chi connectivity index (χ2v) is 4.90. The number of pyridine rings is 1. The first kappa shape index (κ1) is 12.7. The van der Waals surface area contributed by atoms with Crippen molar-refractivity contribution >= 4 is 21.9 Å². The van der Waals surface area contributed by atoms with E-state index in [1.54, 1.807) is 20.8 Å². The van der Waals surface area contributed by atoms with Gasteiger partial charge in [-0.3, -0.25) is 0 Å². The molecule has 0 N–H and O–H groups in total. The summed E-state index contributed by atoms with van der Waals surface area (Å²) in [6, 6.07) is 4.94. The van der Waals surface area contributed by atoms with Gasteiger partial charge in [0.05, 0.1) is 5.56 Å². The highest BCUT2D eigenvalue weighted by Gasteiger charge is 2.19. The molecule has 0 aliphatic carbocycles. The molecule has 0 saturated heterocycles. The number of rotatable bonds is 1. The Bertz CT molecular complexity index is 458. The quantitative estimate of drug-likeness (QED) is 0.587. The molecule has 0 fully saturated rings. The van der Waals surface area contributed by atoms with Gasteiger partial charge in [0, 0.05) is 0 Å². The van der Waals surface area contributed by atoms with E-state index in [1.807, 2.05) is 6.07 Å². The molecule has 1 aromatic heterocycles. The molecule has 16 heavy (non-hydrogen) atoms. The number of carbonyl (C=O) groups excluding carboxylic acids is 1. The number of nitrogens with zero attached hydrogens (tertiary/aromatic N) is 2. The molecule has 0 aliphatic rings. The second kappa shape index (κ2) is 4.62. The maximum Gasteiger partial charge on any atom is 0.357 e. The average Bonchev–Trinajstić information content (AvgIpc) is 2.15. The van der Waals surface area contributed by atoms with Gasteiger partial charge >= 0.3 is 5.97 Å². The molecule has 0 aliphatic heterocycles. The Morgan fingerprint density at radius 1 is 1.50 bits per heavy atom. The third-order valence-electron chi connectivity index (χ3n) is 1.58. The zero-order chi connectivity index (χ0) is 12.3. The fourth-order valence-corrected chi connectivity index (χ4v) is 1.37. The lowest BCUT2D eigenvalue weighted by Crippen LogP contribution is -2.24. The summed E-state index contributed by atoms with van der Waals surface area (Å²) in [6.45, 7) is 5.34. The van der Waals surface area contributed by atoms with Gasteiger partial charge in [-0.2, -0.15) is 5.26 Å². The summed E-state index contributed by atoms with van der Waals surface area (Å²) in [6.07, 6.45) is 0. The van der Waals surface area contributed by atoms with Gasteiger partial charge in [0.15, 0.2) is 0 Å². The first-order valence-corrected chi connectivity index (χ1v) is 5.43. The molecule has 0 aromatic carbocycles. The predicted molar refractivity (Wildman–Crippen MR) is 61.8 cm³/mol. The Morgan fingerprint density at radius 2 is 2.12 bits per heavy atom. The van der Waals surface area contributed by atoms with Crippen LogP contribution in [0.4, 0.5) is 0 Å². The lowest BCUT2D eigenvalue weighted by Gasteiger charge is -2.19. The molecular formula is C11H11BrN2O2. The predicted octanol–water partition coefficient (Wildman–Crippen LogP) is 2.67. The summed E-state index contributed by atoms with van der Waals surface area (Å²) in [5.74, 6) is -0.502. The van der Waals surface area contributed by atoms with Crippen LogP contribution in [-0.4, -0.2) is 16.6 Å². The van der Waals surface area contributed by atoms with Crippen molar-refractivity contribution in [2.75, 3.05) is 0 Å². The van der Waals surface area contributed by atoms with Crippen LogP contribution in [0.25, 0.3) is 0 Å². The smallest absolute Gasteiger partial charge is 0.357 e. The van der Waals surface area contributed by atoms with Gasteiger partial charge in [-0.15, -0.1) is 0 Å². The van der Waals surface area contributed by atoms with E-state index >= 15 is 0 Å². The number of hydrogen-bond acceptors (Lipinski definition) is 4. The minimum atomic E-state index is -0.556. The molecule has 1 rings (SSSR count). The van der Waals surface area contributed by atoms with Crippen LogP contribution in [0.1, 0.15) is 36.8 Å². The highest BCUT2D eigenvalue weighted by Crippen LogP contribution is 2.16. The standard InChI is InChI=1S/C11H11BrN2O2/c1-11(2,3)16-10(15)8-5-4-7(6-13)9(12)14-8/h4-5H,1-3H3. The molecule has 0 bridgehead atoms. The normalized spacial score (nSPS) is 10.7. The van der Waals surface area contributed by atoms with Crippen LogP contribution in [0.2, 0.25) is 0 Å². The van der Waals surface area contributed by atoms with Crippen LogP contribution in [0.5, 0.6) is 0 Å². The van der Waals surface area contributed by atoms with Gasteiger partial charge in [-0.05, 0) is 48.8 Å². The first-order chi connectivity index (χ1) is 7.33. The van der Waals surface area contributed by atoms with Crippen LogP contribution in [0.3, 0.4) is 0 Å². The second-order valence-electron chi connectivity index (χ2n) is 4.15. The van der Waals surface area contributed by atoms with E-state index in [1.165, 1.54) is 12.1 Å². The van der Waals surface area contributed by atoms with Crippen molar-refractivity contribution in [2.24, 2.45) is 0 Å². The molecular weight excluding hydrogens is 272 g/mol. The van der Waals surface area contributed by atoms with Crippen LogP contribution >= 0.6 is 15.9 Å². The van der Waals surface area contributed by atoms with Crippen LogP contribution in [-0.2, 0) is 4.74 Å². The molecule has 0 unspecified atom stereocenters. The van der Waals surface area contributed by atoms with Gasteiger partial charge in [0.2, 0.25) is 0 Å². The van der Waals surface area contributed by atoms with E-state index in [9.17, 15) is 4.79 Å². The number of aromatic nitrogens is 1. The molecule has 1 heterocycles. The Hall–Kier alpha value is -1.41. The minimum Gasteiger partial charge on any atom is -0.455 e. The summed E-state index contributed by atoms with van der Waals surface area (Å²) < 4.78 is 5.49. The number of hydrogen-bond donors (Lipinski definition) is 0. The maximum absolute atomic E-state index is 11.6. The molecule has 1 aromatic rings. The summed E-state index contributed by atoms with van der Waals surface area (Å²) in [5, 5.41) is 8.70. The van der Waals surface area contributed by atoms with E-state index in [4.69, 9.17) is 10.00 Å². The van der Waals surface area contributed by atoms with Crippen LogP contribution in [0.15, 0.2) is 16.7 Å². The lowest BCUT2D eigenvalue weighted by atomic mass is 10.2. The number of nitriles is 1. The lowest BCUT2D eigenvalue weighted by molar-refractivity contribution is 0.00626. The molecule has 0 atom stereocenters. The monoisotopic (exact) mass is 282 g/mol. The van der Waals surface area contributed by atoms with Gasteiger partial charge < -0.3 is 4.74 Å². The van der Waals surface area contributed by atoms with E-state index < -0.39 is 11.6 Å². The summed E-state index contributed by atoms with van der Waals surface area (Å²) in [5.41, 5.74) is 0.00665. The van der Waals surface area contributed by atoms with Crippen LogP contribution in [0, 0.1) is 11.3 Å². The zero-order valence-electron chi connectivity index (χ0n) is 9.24.